The number of ether oxygens (including phenoxy) is 1. The van der Waals surface area contributed by atoms with Crippen LogP contribution in [-0.2, 0) is 19.1 Å². The average molecular weight is 467 g/mol. The summed E-state index contributed by atoms with van der Waals surface area (Å²) in [6, 6.07) is -1.24. The molecule has 0 bridgehead atoms. The fourth-order valence-electron chi connectivity index (χ4n) is 4.50. The number of carbonyl (C=O) groups is 4. The molecule has 0 radical (unpaired) electrons. The Labute approximate surface area is 197 Å². The second-order valence-corrected chi connectivity index (χ2v) is 9.19. The van der Waals surface area contributed by atoms with Crippen LogP contribution in [0.5, 0.6) is 0 Å². The standard InChI is InChI=1S/C24H42N4O5/c1-4-7-11-19(20(29)21(30)25-18(5-2)6-3)26-22(31)24(12-9-8-10-13-24)27-23(32)28-14-16-33-17-15-28/h18-19H,4-17H2,1-3H3,(H,25,30)(H,26,31)(H,27,32)/t19-/m0/s1. The van der Waals surface area contributed by atoms with Crippen LogP contribution in [0.25, 0.3) is 0 Å². The SMILES string of the molecule is CCCC[C@H](NC(=O)C1(NC(=O)N2CCOCC2)CCCCC1)C(=O)C(=O)NC(CC)CC. The van der Waals surface area contributed by atoms with E-state index in [1.807, 2.05) is 20.8 Å². The van der Waals surface area contributed by atoms with E-state index in [9.17, 15) is 19.2 Å². The molecule has 4 amide bonds. The van der Waals surface area contributed by atoms with Crippen molar-refractivity contribution in [3.63, 3.8) is 0 Å². The molecule has 2 fully saturated rings. The zero-order chi connectivity index (χ0) is 24.3. The number of Topliss-reactive ketones (excluding diaryl/α,β-unsaturated/α-hetero) is 1. The molecule has 1 heterocycles. The predicted octanol–water partition coefficient (Wildman–Crippen LogP) is 2.28. The highest BCUT2D eigenvalue weighted by molar-refractivity contribution is 6.38. The Morgan fingerprint density at radius 2 is 1.58 bits per heavy atom. The molecule has 2 rings (SSSR count). The summed E-state index contributed by atoms with van der Waals surface area (Å²) in [5, 5.41) is 8.63. The summed E-state index contributed by atoms with van der Waals surface area (Å²) in [5.74, 6) is -1.64. The first-order valence-electron chi connectivity index (χ1n) is 12.7. The fourth-order valence-corrected chi connectivity index (χ4v) is 4.50. The van der Waals surface area contributed by atoms with Crippen LogP contribution in [0, 0.1) is 0 Å². The average Bonchev–Trinajstić information content (AvgIpc) is 2.85. The minimum absolute atomic E-state index is 0.0681. The van der Waals surface area contributed by atoms with Gasteiger partial charge in [-0.05, 0) is 32.1 Å². The summed E-state index contributed by atoms with van der Waals surface area (Å²) < 4.78 is 5.32. The number of nitrogens with one attached hydrogen (secondary N) is 3. The number of carbonyl (C=O) groups excluding carboxylic acids is 4. The van der Waals surface area contributed by atoms with Crippen molar-refractivity contribution in [1.29, 1.82) is 0 Å². The molecule has 188 valence electrons. The molecule has 1 saturated heterocycles. The largest absolute Gasteiger partial charge is 0.378 e. The first-order valence-corrected chi connectivity index (χ1v) is 12.7. The van der Waals surface area contributed by atoms with Gasteiger partial charge in [0.05, 0.1) is 19.3 Å². The molecule has 0 aromatic carbocycles. The minimum Gasteiger partial charge on any atom is -0.378 e. The van der Waals surface area contributed by atoms with Gasteiger partial charge in [0.1, 0.15) is 5.54 Å². The summed E-state index contributed by atoms with van der Waals surface area (Å²) in [6.45, 7) is 7.84. The van der Waals surface area contributed by atoms with Gasteiger partial charge in [-0.1, -0.05) is 52.9 Å². The van der Waals surface area contributed by atoms with Crippen molar-refractivity contribution in [2.24, 2.45) is 0 Å². The Morgan fingerprint density at radius 3 is 2.15 bits per heavy atom. The molecule has 1 aliphatic heterocycles. The number of urea groups is 1. The van der Waals surface area contributed by atoms with E-state index in [0.717, 1.165) is 38.5 Å². The third-order valence-electron chi connectivity index (χ3n) is 6.80. The van der Waals surface area contributed by atoms with Crippen LogP contribution < -0.4 is 16.0 Å². The molecule has 2 aliphatic rings. The van der Waals surface area contributed by atoms with Crippen molar-refractivity contribution in [2.75, 3.05) is 26.3 Å². The first kappa shape index (κ1) is 27.1. The number of morpholine rings is 1. The Morgan fingerprint density at radius 1 is 0.939 bits per heavy atom. The molecule has 1 aliphatic carbocycles. The van der Waals surface area contributed by atoms with Crippen LogP contribution in [0.4, 0.5) is 4.79 Å². The Kier molecular flexibility index (Phi) is 11.1. The molecular weight excluding hydrogens is 424 g/mol. The van der Waals surface area contributed by atoms with Crippen LogP contribution >= 0.6 is 0 Å². The number of nitrogens with zero attached hydrogens (tertiary/aromatic N) is 1. The normalized spacial score (nSPS) is 19.0. The van der Waals surface area contributed by atoms with Crippen molar-refractivity contribution in [3.8, 4) is 0 Å². The van der Waals surface area contributed by atoms with E-state index < -0.39 is 23.3 Å². The lowest BCUT2D eigenvalue weighted by molar-refractivity contribution is -0.141. The number of hydrogen-bond acceptors (Lipinski definition) is 5. The number of amides is 4. The molecule has 0 aromatic heterocycles. The van der Waals surface area contributed by atoms with Gasteiger partial charge in [0, 0.05) is 19.1 Å². The molecule has 1 atom stereocenters. The molecule has 9 nitrogen and oxygen atoms in total. The highest BCUT2D eigenvalue weighted by atomic mass is 16.5. The highest BCUT2D eigenvalue weighted by Crippen LogP contribution is 2.29. The summed E-state index contributed by atoms with van der Waals surface area (Å²) in [5.41, 5.74) is -1.07. The van der Waals surface area contributed by atoms with E-state index in [1.54, 1.807) is 4.90 Å². The number of ketones is 1. The second-order valence-electron chi connectivity index (χ2n) is 9.19. The molecule has 0 unspecified atom stereocenters. The van der Waals surface area contributed by atoms with Gasteiger partial charge in [0.25, 0.3) is 5.91 Å². The van der Waals surface area contributed by atoms with Crippen LogP contribution in [-0.4, -0.2) is 72.5 Å². The summed E-state index contributed by atoms with van der Waals surface area (Å²) in [6.07, 6.45) is 7.08. The van der Waals surface area contributed by atoms with Crippen molar-refractivity contribution in [3.05, 3.63) is 0 Å². The molecule has 0 aromatic rings. The van der Waals surface area contributed by atoms with E-state index in [2.05, 4.69) is 16.0 Å². The van der Waals surface area contributed by atoms with Crippen molar-refractivity contribution < 1.29 is 23.9 Å². The van der Waals surface area contributed by atoms with Crippen molar-refractivity contribution in [2.45, 2.75) is 103 Å². The first-order chi connectivity index (χ1) is 15.9. The summed E-state index contributed by atoms with van der Waals surface area (Å²) in [4.78, 5) is 53.7. The Bertz CT molecular complexity index is 668. The lowest BCUT2D eigenvalue weighted by atomic mass is 9.80. The zero-order valence-electron chi connectivity index (χ0n) is 20.5. The van der Waals surface area contributed by atoms with Gasteiger partial charge in [-0.2, -0.15) is 0 Å². The smallest absolute Gasteiger partial charge is 0.318 e. The highest BCUT2D eigenvalue weighted by Gasteiger charge is 2.43. The minimum atomic E-state index is -1.07. The third-order valence-corrected chi connectivity index (χ3v) is 6.80. The van der Waals surface area contributed by atoms with E-state index in [1.165, 1.54) is 0 Å². The van der Waals surface area contributed by atoms with Gasteiger partial charge in [-0.15, -0.1) is 0 Å². The number of rotatable bonds is 11. The predicted molar refractivity (Wildman–Crippen MR) is 126 cm³/mol. The topological polar surface area (TPSA) is 117 Å². The van der Waals surface area contributed by atoms with Crippen LogP contribution in [0.15, 0.2) is 0 Å². The van der Waals surface area contributed by atoms with E-state index in [0.29, 0.717) is 52.0 Å². The monoisotopic (exact) mass is 466 g/mol. The van der Waals surface area contributed by atoms with Crippen molar-refractivity contribution >= 4 is 23.6 Å². The molecule has 9 heteroatoms. The van der Waals surface area contributed by atoms with Crippen LogP contribution in [0.1, 0.15) is 85.0 Å². The van der Waals surface area contributed by atoms with Gasteiger partial charge in [-0.25, -0.2) is 4.79 Å². The van der Waals surface area contributed by atoms with Gasteiger partial charge in [-0.3, -0.25) is 14.4 Å². The second kappa shape index (κ2) is 13.5. The molecular formula is C24H42N4O5. The Hall–Kier alpha value is -2.16. The van der Waals surface area contributed by atoms with Crippen LogP contribution in [0.2, 0.25) is 0 Å². The maximum Gasteiger partial charge on any atom is 0.318 e. The van der Waals surface area contributed by atoms with E-state index in [4.69, 9.17) is 4.74 Å². The van der Waals surface area contributed by atoms with Gasteiger partial charge in [0.2, 0.25) is 11.7 Å². The van der Waals surface area contributed by atoms with E-state index >= 15 is 0 Å². The van der Waals surface area contributed by atoms with Crippen molar-refractivity contribution in [1.82, 2.24) is 20.9 Å². The quantitative estimate of drug-likeness (QED) is 0.404. The maximum absolute atomic E-state index is 13.5. The van der Waals surface area contributed by atoms with E-state index in [-0.39, 0.29) is 18.0 Å². The Balaban J connectivity index is 2.14. The lowest BCUT2D eigenvalue weighted by Crippen LogP contribution is -2.64. The molecule has 33 heavy (non-hydrogen) atoms. The van der Waals surface area contributed by atoms with Crippen LogP contribution in [0.3, 0.4) is 0 Å². The third kappa shape index (κ3) is 7.69. The maximum atomic E-state index is 13.5. The van der Waals surface area contributed by atoms with Gasteiger partial charge < -0.3 is 25.6 Å². The lowest BCUT2D eigenvalue weighted by Gasteiger charge is -2.39. The summed E-state index contributed by atoms with van der Waals surface area (Å²) in [7, 11) is 0. The number of hydrogen-bond donors (Lipinski definition) is 3. The van der Waals surface area contributed by atoms with Gasteiger partial charge in [0.15, 0.2) is 0 Å². The summed E-state index contributed by atoms with van der Waals surface area (Å²) >= 11 is 0. The fraction of sp³-hybridized carbons (Fsp3) is 0.833. The number of unbranched alkanes of at least 4 members (excludes halogenated alkanes) is 1. The zero-order valence-corrected chi connectivity index (χ0v) is 20.5. The molecule has 1 saturated carbocycles. The van der Waals surface area contributed by atoms with Gasteiger partial charge >= 0.3 is 6.03 Å². The molecule has 3 N–H and O–H groups in total. The molecule has 0 spiro atoms.